The van der Waals surface area contributed by atoms with Gasteiger partial charge in [0.15, 0.2) is 0 Å². The van der Waals surface area contributed by atoms with Crippen LogP contribution in [0, 0.1) is 11.6 Å². The maximum Gasteiger partial charge on any atom is 0.126 e. The lowest BCUT2D eigenvalue weighted by Crippen LogP contribution is -1.96. The summed E-state index contributed by atoms with van der Waals surface area (Å²) < 4.78 is 26.5. The Kier molecular flexibility index (Phi) is 5.30. The van der Waals surface area contributed by atoms with E-state index in [1.54, 1.807) is 0 Å². The molecule has 2 rings (SSSR count). The Hall–Kier alpha value is -1.22. The van der Waals surface area contributed by atoms with Crippen molar-refractivity contribution in [2.75, 3.05) is 0 Å². The van der Waals surface area contributed by atoms with Gasteiger partial charge in [-0.25, -0.2) is 8.78 Å². The lowest BCUT2D eigenvalue weighted by Gasteiger charge is -2.12. The quantitative estimate of drug-likeness (QED) is 0.605. The second-order valence-corrected chi connectivity index (χ2v) is 5.83. The first-order valence-electron chi connectivity index (χ1n) is 6.79. The lowest BCUT2D eigenvalue weighted by atomic mass is 10.0. The molecule has 0 aliphatic rings. The van der Waals surface area contributed by atoms with E-state index in [4.69, 9.17) is 0 Å². The van der Waals surface area contributed by atoms with E-state index in [0.717, 1.165) is 18.1 Å². The summed E-state index contributed by atoms with van der Waals surface area (Å²) in [6.45, 7) is 2.17. The Morgan fingerprint density at radius 2 is 1.55 bits per heavy atom. The zero-order valence-electron chi connectivity index (χ0n) is 11.4. The molecule has 0 saturated carbocycles. The highest BCUT2D eigenvalue weighted by molar-refractivity contribution is 9.09. The molecule has 0 saturated heterocycles. The third-order valence-corrected chi connectivity index (χ3v) is 4.33. The van der Waals surface area contributed by atoms with Crippen LogP contribution in [0.2, 0.25) is 0 Å². The molecule has 1 unspecified atom stereocenters. The summed E-state index contributed by atoms with van der Waals surface area (Å²) in [5, 5.41) is 0. The highest BCUT2D eigenvalue weighted by Gasteiger charge is 2.12. The van der Waals surface area contributed by atoms with Crippen LogP contribution in [-0.2, 0) is 6.42 Å². The number of alkyl halides is 1. The van der Waals surface area contributed by atoms with Crippen LogP contribution in [0.5, 0.6) is 0 Å². The average molecular weight is 339 g/mol. The van der Waals surface area contributed by atoms with E-state index in [-0.39, 0.29) is 4.83 Å². The van der Waals surface area contributed by atoms with Crippen LogP contribution in [0.4, 0.5) is 8.78 Å². The molecular weight excluding hydrogens is 322 g/mol. The molecule has 1 atom stereocenters. The van der Waals surface area contributed by atoms with Gasteiger partial charge in [-0.1, -0.05) is 53.5 Å². The predicted octanol–water partition coefficient (Wildman–Crippen LogP) is 5.79. The SMILES string of the molecule is CCCCc1ccc(C(Br)c2cc(F)cc(F)c2)cc1. The number of hydrogen-bond donors (Lipinski definition) is 0. The molecule has 3 heteroatoms. The lowest BCUT2D eigenvalue weighted by molar-refractivity contribution is 0.580. The summed E-state index contributed by atoms with van der Waals surface area (Å²) in [5.74, 6) is -1.10. The van der Waals surface area contributed by atoms with Gasteiger partial charge in [-0.05, 0) is 41.7 Å². The van der Waals surface area contributed by atoms with E-state index in [2.05, 4.69) is 35.0 Å². The van der Waals surface area contributed by atoms with Crippen molar-refractivity contribution in [1.82, 2.24) is 0 Å². The molecule has 0 aliphatic heterocycles. The van der Waals surface area contributed by atoms with Gasteiger partial charge in [-0.3, -0.25) is 0 Å². The number of unbranched alkanes of at least 4 members (excludes halogenated alkanes) is 1. The van der Waals surface area contributed by atoms with Crippen molar-refractivity contribution in [2.24, 2.45) is 0 Å². The molecule has 0 bridgehead atoms. The fourth-order valence-electron chi connectivity index (χ4n) is 2.15. The van der Waals surface area contributed by atoms with Gasteiger partial charge in [0.1, 0.15) is 11.6 Å². The maximum atomic E-state index is 13.2. The minimum absolute atomic E-state index is 0.201. The first-order valence-corrected chi connectivity index (χ1v) is 7.70. The summed E-state index contributed by atoms with van der Waals surface area (Å²) in [4.78, 5) is -0.201. The minimum Gasteiger partial charge on any atom is -0.207 e. The summed E-state index contributed by atoms with van der Waals surface area (Å²) in [7, 11) is 0. The second-order valence-electron chi connectivity index (χ2n) is 4.91. The van der Waals surface area contributed by atoms with Gasteiger partial charge in [0, 0.05) is 6.07 Å². The zero-order valence-corrected chi connectivity index (χ0v) is 13.0. The van der Waals surface area contributed by atoms with Crippen LogP contribution in [0.3, 0.4) is 0 Å². The van der Waals surface area contributed by atoms with Gasteiger partial charge in [0.05, 0.1) is 4.83 Å². The van der Waals surface area contributed by atoms with E-state index in [0.29, 0.717) is 5.56 Å². The third kappa shape index (κ3) is 3.89. The van der Waals surface area contributed by atoms with Crippen LogP contribution in [0.25, 0.3) is 0 Å². The van der Waals surface area contributed by atoms with Crippen molar-refractivity contribution in [3.05, 3.63) is 70.8 Å². The summed E-state index contributed by atoms with van der Waals surface area (Å²) >= 11 is 3.51. The molecule has 0 heterocycles. The second kappa shape index (κ2) is 6.98. The van der Waals surface area contributed by atoms with Gasteiger partial charge in [-0.15, -0.1) is 0 Å². The first-order chi connectivity index (χ1) is 9.60. The van der Waals surface area contributed by atoms with Crippen LogP contribution >= 0.6 is 15.9 Å². The third-order valence-electron chi connectivity index (χ3n) is 3.27. The summed E-state index contributed by atoms with van der Waals surface area (Å²) in [6.07, 6.45) is 3.41. The van der Waals surface area contributed by atoms with Crippen LogP contribution < -0.4 is 0 Å². The topological polar surface area (TPSA) is 0 Å². The number of hydrogen-bond acceptors (Lipinski definition) is 0. The van der Waals surface area contributed by atoms with E-state index >= 15 is 0 Å². The number of rotatable bonds is 5. The fraction of sp³-hybridized carbons (Fsp3) is 0.294. The Morgan fingerprint density at radius 1 is 0.950 bits per heavy atom. The Labute approximate surface area is 127 Å². The van der Waals surface area contributed by atoms with E-state index in [1.165, 1.54) is 30.5 Å². The molecule has 0 nitrogen and oxygen atoms in total. The number of benzene rings is 2. The highest BCUT2D eigenvalue weighted by atomic mass is 79.9. The predicted molar refractivity (Wildman–Crippen MR) is 82.2 cm³/mol. The Bertz CT molecular complexity index is 543. The van der Waals surface area contributed by atoms with Gasteiger partial charge in [0.25, 0.3) is 0 Å². The molecule has 2 aromatic rings. The monoisotopic (exact) mass is 338 g/mol. The van der Waals surface area contributed by atoms with Gasteiger partial charge in [-0.2, -0.15) is 0 Å². The first kappa shape index (κ1) is 15.2. The summed E-state index contributed by atoms with van der Waals surface area (Å²) in [6, 6.07) is 11.8. The molecule has 0 amide bonds. The van der Waals surface area contributed by atoms with E-state index in [9.17, 15) is 8.78 Å². The van der Waals surface area contributed by atoms with Crippen LogP contribution in [0.1, 0.15) is 41.3 Å². The minimum atomic E-state index is -0.552. The van der Waals surface area contributed by atoms with Crippen molar-refractivity contribution < 1.29 is 8.78 Å². The van der Waals surface area contributed by atoms with Gasteiger partial charge < -0.3 is 0 Å². The molecular formula is C17H17BrF2. The number of aryl methyl sites for hydroxylation is 1. The molecule has 0 spiro atoms. The van der Waals surface area contributed by atoms with Crippen LogP contribution in [0.15, 0.2) is 42.5 Å². The molecule has 0 fully saturated rings. The standard InChI is InChI=1S/C17H17BrF2/c1-2-3-4-12-5-7-13(8-6-12)17(18)14-9-15(19)11-16(20)10-14/h5-11,17H,2-4H2,1H3. The van der Waals surface area contributed by atoms with E-state index < -0.39 is 11.6 Å². The van der Waals surface area contributed by atoms with Crippen molar-refractivity contribution in [2.45, 2.75) is 31.0 Å². The van der Waals surface area contributed by atoms with Crippen molar-refractivity contribution in [3.63, 3.8) is 0 Å². The Balaban J connectivity index is 2.17. The molecule has 2 aromatic carbocycles. The molecule has 0 aromatic heterocycles. The zero-order chi connectivity index (χ0) is 14.5. The molecule has 0 radical (unpaired) electrons. The van der Waals surface area contributed by atoms with Crippen molar-refractivity contribution in [3.8, 4) is 0 Å². The van der Waals surface area contributed by atoms with Gasteiger partial charge >= 0.3 is 0 Å². The maximum absolute atomic E-state index is 13.2. The van der Waals surface area contributed by atoms with Crippen LogP contribution in [-0.4, -0.2) is 0 Å². The largest absolute Gasteiger partial charge is 0.207 e. The normalized spacial score (nSPS) is 12.4. The smallest absolute Gasteiger partial charge is 0.126 e. The molecule has 0 N–H and O–H groups in total. The summed E-state index contributed by atoms with van der Waals surface area (Å²) in [5.41, 5.74) is 2.87. The molecule has 20 heavy (non-hydrogen) atoms. The van der Waals surface area contributed by atoms with E-state index in [1.807, 2.05) is 12.1 Å². The molecule has 106 valence electrons. The molecule has 0 aliphatic carbocycles. The van der Waals surface area contributed by atoms with Crippen molar-refractivity contribution in [1.29, 1.82) is 0 Å². The highest BCUT2D eigenvalue weighted by Crippen LogP contribution is 2.31. The number of halogens is 3. The Morgan fingerprint density at radius 3 is 2.10 bits per heavy atom. The van der Waals surface area contributed by atoms with Gasteiger partial charge in [0.2, 0.25) is 0 Å². The average Bonchev–Trinajstić information content (AvgIpc) is 2.44. The fourth-order valence-corrected chi connectivity index (χ4v) is 2.72. The van der Waals surface area contributed by atoms with Crippen molar-refractivity contribution >= 4 is 15.9 Å².